The van der Waals surface area contributed by atoms with E-state index in [1.807, 2.05) is 30.3 Å². The molecule has 0 bridgehead atoms. The lowest BCUT2D eigenvalue weighted by atomic mass is 9.96. The van der Waals surface area contributed by atoms with E-state index in [9.17, 15) is 4.79 Å². The minimum absolute atomic E-state index is 0.0375. The summed E-state index contributed by atoms with van der Waals surface area (Å²) >= 11 is 12.1. The molecule has 0 aliphatic carbocycles. The van der Waals surface area contributed by atoms with Crippen LogP contribution in [0.25, 0.3) is 0 Å². The van der Waals surface area contributed by atoms with Gasteiger partial charge in [-0.25, -0.2) is 0 Å². The van der Waals surface area contributed by atoms with Crippen molar-refractivity contribution in [3.63, 3.8) is 0 Å². The number of hydrogen-bond donors (Lipinski definition) is 1. The van der Waals surface area contributed by atoms with Crippen LogP contribution in [-0.4, -0.2) is 23.9 Å². The first-order valence-corrected chi connectivity index (χ1v) is 9.77. The molecule has 1 amide bonds. The Morgan fingerprint density at radius 1 is 1.19 bits per heavy atom. The van der Waals surface area contributed by atoms with E-state index < -0.39 is 0 Å². The van der Waals surface area contributed by atoms with Gasteiger partial charge in [0.25, 0.3) is 0 Å². The van der Waals surface area contributed by atoms with Gasteiger partial charge in [-0.15, -0.1) is 0 Å². The molecule has 5 heteroatoms. The molecule has 3 nitrogen and oxygen atoms in total. The fraction of sp³-hybridized carbons (Fsp3) is 0.381. The van der Waals surface area contributed by atoms with Gasteiger partial charge in [0.05, 0.1) is 16.0 Å². The summed E-state index contributed by atoms with van der Waals surface area (Å²) < 4.78 is 0. The van der Waals surface area contributed by atoms with Gasteiger partial charge in [0.1, 0.15) is 0 Å². The van der Waals surface area contributed by atoms with Crippen molar-refractivity contribution >= 4 is 29.1 Å². The van der Waals surface area contributed by atoms with Crippen molar-refractivity contribution in [3.8, 4) is 0 Å². The lowest BCUT2D eigenvalue weighted by Gasteiger charge is -2.32. The SMILES string of the molecule is Cc1ccccc1CNC(=O)C1CCCN(Cc2ccc(Cl)c(Cl)c2)C1. The molecular weight excluding hydrogens is 367 g/mol. The summed E-state index contributed by atoms with van der Waals surface area (Å²) in [4.78, 5) is 14.9. The second-order valence-corrected chi connectivity index (χ2v) is 7.78. The molecule has 1 fully saturated rings. The molecule has 26 heavy (non-hydrogen) atoms. The Balaban J connectivity index is 1.54. The third kappa shape index (κ3) is 5.00. The first kappa shape index (κ1) is 19.2. The van der Waals surface area contributed by atoms with Crippen LogP contribution in [0.5, 0.6) is 0 Å². The minimum Gasteiger partial charge on any atom is -0.352 e. The van der Waals surface area contributed by atoms with Crippen molar-refractivity contribution in [1.29, 1.82) is 0 Å². The molecule has 2 aromatic carbocycles. The van der Waals surface area contributed by atoms with Crippen LogP contribution >= 0.6 is 23.2 Å². The second kappa shape index (κ2) is 8.90. The van der Waals surface area contributed by atoms with Crippen molar-refractivity contribution in [2.75, 3.05) is 13.1 Å². The fourth-order valence-electron chi connectivity index (χ4n) is 3.44. The highest BCUT2D eigenvalue weighted by molar-refractivity contribution is 6.42. The predicted octanol–water partition coefficient (Wildman–Crippen LogP) is 4.83. The summed E-state index contributed by atoms with van der Waals surface area (Å²) in [6, 6.07) is 13.9. The number of hydrogen-bond acceptors (Lipinski definition) is 2. The molecule has 2 aromatic rings. The molecule has 0 aromatic heterocycles. The first-order valence-electron chi connectivity index (χ1n) is 9.01. The first-order chi connectivity index (χ1) is 12.5. The van der Waals surface area contributed by atoms with E-state index in [1.165, 1.54) is 11.1 Å². The highest BCUT2D eigenvalue weighted by Gasteiger charge is 2.25. The lowest BCUT2D eigenvalue weighted by molar-refractivity contribution is -0.126. The Kier molecular flexibility index (Phi) is 6.58. The van der Waals surface area contributed by atoms with E-state index in [1.54, 1.807) is 0 Å². The highest BCUT2D eigenvalue weighted by atomic mass is 35.5. The molecule has 1 aliphatic heterocycles. The maximum atomic E-state index is 12.6. The zero-order chi connectivity index (χ0) is 18.5. The highest BCUT2D eigenvalue weighted by Crippen LogP contribution is 2.25. The molecule has 1 atom stereocenters. The van der Waals surface area contributed by atoms with Crippen LogP contribution in [0.1, 0.15) is 29.5 Å². The Hall–Kier alpha value is -1.55. The summed E-state index contributed by atoms with van der Waals surface area (Å²) in [7, 11) is 0. The van der Waals surface area contributed by atoms with Gasteiger partial charge in [0.15, 0.2) is 0 Å². The van der Waals surface area contributed by atoms with Crippen LogP contribution in [0.3, 0.4) is 0 Å². The van der Waals surface area contributed by atoms with Gasteiger partial charge < -0.3 is 5.32 Å². The number of carbonyl (C=O) groups is 1. The van der Waals surface area contributed by atoms with Gasteiger partial charge >= 0.3 is 0 Å². The zero-order valence-electron chi connectivity index (χ0n) is 15.0. The maximum Gasteiger partial charge on any atom is 0.224 e. The Bertz CT molecular complexity index is 778. The van der Waals surface area contributed by atoms with Crippen molar-refractivity contribution < 1.29 is 4.79 Å². The van der Waals surface area contributed by atoms with Crippen LogP contribution in [0.4, 0.5) is 0 Å². The fourth-order valence-corrected chi connectivity index (χ4v) is 3.77. The number of carbonyl (C=O) groups excluding carboxylic acids is 1. The summed E-state index contributed by atoms with van der Waals surface area (Å²) in [6.45, 7) is 5.23. The molecule has 3 rings (SSSR count). The van der Waals surface area contributed by atoms with Crippen LogP contribution < -0.4 is 5.32 Å². The number of rotatable bonds is 5. The van der Waals surface area contributed by atoms with Gasteiger partial charge in [0.2, 0.25) is 5.91 Å². The normalized spacial score (nSPS) is 17.9. The number of benzene rings is 2. The van der Waals surface area contributed by atoms with Crippen molar-refractivity contribution in [3.05, 3.63) is 69.2 Å². The van der Waals surface area contributed by atoms with Gasteiger partial charge in [-0.3, -0.25) is 9.69 Å². The molecule has 1 aliphatic rings. The molecule has 1 N–H and O–H groups in total. The van der Waals surface area contributed by atoms with Crippen LogP contribution in [0.15, 0.2) is 42.5 Å². The topological polar surface area (TPSA) is 32.3 Å². The van der Waals surface area contributed by atoms with Crippen LogP contribution in [0.2, 0.25) is 10.0 Å². The second-order valence-electron chi connectivity index (χ2n) is 6.97. The Morgan fingerprint density at radius 3 is 2.77 bits per heavy atom. The summed E-state index contributed by atoms with van der Waals surface area (Å²) in [5.41, 5.74) is 3.50. The van der Waals surface area contributed by atoms with E-state index in [0.29, 0.717) is 16.6 Å². The third-order valence-corrected chi connectivity index (χ3v) is 5.72. The lowest BCUT2D eigenvalue weighted by Crippen LogP contribution is -2.42. The summed E-state index contributed by atoms with van der Waals surface area (Å²) in [5, 5.41) is 4.26. The van der Waals surface area contributed by atoms with Crippen molar-refractivity contribution in [2.24, 2.45) is 5.92 Å². The molecule has 0 saturated carbocycles. The molecular formula is C21H24Cl2N2O. The van der Waals surface area contributed by atoms with E-state index in [4.69, 9.17) is 23.2 Å². The number of amides is 1. The summed E-state index contributed by atoms with van der Waals surface area (Å²) in [6.07, 6.45) is 1.97. The van der Waals surface area contributed by atoms with Crippen LogP contribution in [-0.2, 0) is 17.9 Å². The van der Waals surface area contributed by atoms with Crippen molar-refractivity contribution in [2.45, 2.75) is 32.9 Å². The van der Waals surface area contributed by atoms with Gasteiger partial charge in [-0.2, -0.15) is 0 Å². The van der Waals surface area contributed by atoms with E-state index in [2.05, 4.69) is 29.3 Å². The number of nitrogens with one attached hydrogen (secondary N) is 1. The third-order valence-electron chi connectivity index (χ3n) is 4.98. The largest absolute Gasteiger partial charge is 0.352 e. The standard InChI is InChI=1S/C21H24Cl2N2O/c1-15-5-2-3-6-17(15)12-24-21(26)18-7-4-10-25(14-18)13-16-8-9-19(22)20(23)11-16/h2-3,5-6,8-9,11,18H,4,7,10,12-14H2,1H3,(H,24,26). The van der Waals surface area contributed by atoms with E-state index in [0.717, 1.165) is 38.0 Å². The van der Waals surface area contributed by atoms with Crippen LogP contribution in [0, 0.1) is 12.8 Å². The average molecular weight is 391 g/mol. The predicted molar refractivity (Wildman–Crippen MR) is 107 cm³/mol. The van der Waals surface area contributed by atoms with E-state index in [-0.39, 0.29) is 11.8 Å². The molecule has 0 radical (unpaired) electrons. The van der Waals surface area contributed by atoms with E-state index >= 15 is 0 Å². The number of likely N-dealkylation sites (tertiary alicyclic amines) is 1. The number of piperidine rings is 1. The zero-order valence-corrected chi connectivity index (χ0v) is 16.5. The number of aryl methyl sites for hydroxylation is 1. The molecule has 1 unspecified atom stereocenters. The summed E-state index contributed by atoms with van der Waals surface area (Å²) in [5.74, 6) is 0.183. The van der Waals surface area contributed by atoms with Gasteiger partial charge in [-0.05, 0) is 55.1 Å². The Labute approximate surface area is 165 Å². The molecule has 0 spiro atoms. The minimum atomic E-state index is 0.0375. The number of nitrogens with zero attached hydrogens (tertiary/aromatic N) is 1. The monoisotopic (exact) mass is 390 g/mol. The smallest absolute Gasteiger partial charge is 0.224 e. The van der Waals surface area contributed by atoms with Gasteiger partial charge in [0, 0.05) is 19.6 Å². The quantitative estimate of drug-likeness (QED) is 0.792. The maximum absolute atomic E-state index is 12.6. The van der Waals surface area contributed by atoms with Gasteiger partial charge in [-0.1, -0.05) is 53.5 Å². The molecule has 1 saturated heterocycles. The average Bonchev–Trinajstić information content (AvgIpc) is 2.64. The Morgan fingerprint density at radius 2 is 2.00 bits per heavy atom. The van der Waals surface area contributed by atoms with Crippen molar-refractivity contribution in [1.82, 2.24) is 10.2 Å². The molecule has 1 heterocycles. The number of halogens is 2. The molecule has 138 valence electrons.